The second-order valence-corrected chi connectivity index (χ2v) is 5.96. The van der Waals surface area contributed by atoms with Crippen molar-refractivity contribution in [3.05, 3.63) is 11.9 Å². The Bertz CT molecular complexity index is 423. The maximum Gasteiger partial charge on any atom is 0.158 e. The summed E-state index contributed by atoms with van der Waals surface area (Å²) in [5.41, 5.74) is 0. The summed E-state index contributed by atoms with van der Waals surface area (Å²) in [6.07, 6.45) is 4.75. The number of ether oxygens (including phenoxy) is 1. The minimum absolute atomic E-state index is 0.421. The van der Waals surface area contributed by atoms with Gasteiger partial charge in [-0.15, -0.1) is 0 Å². The Balaban J connectivity index is 2.01. The highest BCUT2D eigenvalue weighted by atomic mass is 32.2. The summed E-state index contributed by atoms with van der Waals surface area (Å²) in [6.45, 7) is 4.05. The summed E-state index contributed by atoms with van der Waals surface area (Å²) in [6, 6.07) is 1.94. The van der Waals surface area contributed by atoms with Gasteiger partial charge in [-0.25, -0.2) is 9.97 Å². The van der Waals surface area contributed by atoms with Gasteiger partial charge in [0.25, 0.3) is 0 Å². The molecule has 19 heavy (non-hydrogen) atoms. The van der Waals surface area contributed by atoms with Crippen LogP contribution in [0.15, 0.2) is 6.07 Å². The van der Waals surface area contributed by atoms with Crippen molar-refractivity contribution >= 4 is 23.4 Å². The molecule has 0 amide bonds. The molecule has 106 valence electrons. The first-order valence-electron chi connectivity index (χ1n) is 6.64. The third kappa shape index (κ3) is 3.98. The zero-order valence-corrected chi connectivity index (χ0v) is 12.6. The molecule has 0 atom stereocenters. The van der Waals surface area contributed by atoms with Gasteiger partial charge in [0.15, 0.2) is 5.82 Å². The number of nitrogens with zero attached hydrogens (tertiary/aromatic N) is 2. The predicted octanol–water partition coefficient (Wildman–Crippen LogP) is 2.36. The molecule has 1 aromatic heterocycles. The fraction of sp³-hybridized carbons (Fsp3) is 0.692. The molecule has 0 radical (unpaired) electrons. The second-order valence-electron chi connectivity index (χ2n) is 4.68. The maximum atomic E-state index is 5.37. The molecule has 1 aliphatic carbocycles. The molecule has 1 aromatic rings. The first-order valence-corrected chi connectivity index (χ1v) is 7.86. The van der Waals surface area contributed by atoms with Gasteiger partial charge in [-0.05, 0) is 26.0 Å². The van der Waals surface area contributed by atoms with Gasteiger partial charge in [0.2, 0.25) is 0 Å². The fourth-order valence-corrected chi connectivity index (χ4v) is 2.54. The number of hydrogen-bond donors (Lipinski definition) is 2. The number of anilines is 2. The number of hydrogen-bond acceptors (Lipinski definition) is 6. The summed E-state index contributed by atoms with van der Waals surface area (Å²) >= 11 is 1.94. The molecule has 0 aromatic carbocycles. The molecule has 0 aliphatic heterocycles. The first kappa shape index (κ1) is 14.4. The maximum absolute atomic E-state index is 5.37. The smallest absolute Gasteiger partial charge is 0.158 e. The van der Waals surface area contributed by atoms with E-state index in [1.807, 2.05) is 31.8 Å². The van der Waals surface area contributed by atoms with Crippen molar-refractivity contribution in [1.82, 2.24) is 9.97 Å². The van der Waals surface area contributed by atoms with Gasteiger partial charge in [-0.3, -0.25) is 0 Å². The van der Waals surface area contributed by atoms with Gasteiger partial charge in [-0.1, -0.05) is 0 Å². The van der Waals surface area contributed by atoms with Gasteiger partial charge in [-0.2, -0.15) is 11.8 Å². The molecule has 0 bridgehead atoms. The lowest BCUT2D eigenvalue weighted by molar-refractivity contribution is 0.128. The summed E-state index contributed by atoms with van der Waals surface area (Å²) in [7, 11) is 1.86. The average molecular weight is 282 g/mol. The van der Waals surface area contributed by atoms with Crippen LogP contribution in [0.4, 0.5) is 11.6 Å². The molecule has 1 aliphatic rings. The third-order valence-electron chi connectivity index (χ3n) is 3.30. The van der Waals surface area contributed by atoms with Crippen LogP contribution in [0.25, 0.3) is 0 Å². The fourth-order valence-electron chi connectivity index (χ4n) is 1.82. The first-order chi connectivity index (χ1) is 9.21. The van der Waals surface area contributed by atoms with Crippen LogP contribution in [0.2, 0.25) is 0 Å². The minimum Gasteiger partial charge on any atom is -0.374 e. The van der Waals surface area contributed by atoms with Crippen molar-refractivity contribution in [3.8, 4) is 0 Å². The third-order valence-corrected chi connectivity index (χ3v) is 4.71. The Kier molecular flexibility index (Phi) is 4.87. The van der Waals surface area contributed by atoms with E-state index in [2.05, 4.69) is 26.9 Å². The van der Waals surface area contributed by atoms with Crippen molar-refractivity contribution in [3.63, 3.8) is 0 Å². The monoisotopic (exact) mass is 282 g/mol. The number of thioether (sulfide) groups is 1. The molecule has 0 saturated heterocycles. The molecule has 1 saturated carbocycles. The molecule has 6 heteroatoms. The summed E-state index contributed by atoms with van der Waals surface area (Å²) in [4.78, 5) is 8.86. The number of aromatic nitrogens is 2. The zero-order valence-electron chi connectivity index (χ0n) is 11.8. The second kappa shape index (κ2) is 6.43. The van der Waals surface area contributed by atoms with E-state index in [0.717, 1.165) is 18.2 Å². The molecular formula is C13H22N4OS. The molecule has 2 N–H and O–H groups in total. The summed E-state index contributed by atoms with van der Waals surface area (Å²) < 4.78 is 5.79. The van der Waals surface area contributed by atoms with Crippen molar-refractivity contribution in [2.45, 2.75) is 31.1 Å². The average Bonchev–Trinajstić information content (AvgIpc) is 3.23. The van der Waals surface area contributed by atoms with Gasteiger partial charge < -0.3 is 15.4 Å². The van der Waals surface area contributed by atoms with Crippen LogP contribution >= 0.6 is 11.8 Å². The van der Waals surface area contributed by atoms with Gasteiger partial charge in [0.1, 0.15) is 18.2 Å². The quantitative estimate of drug-likeness (QED) is 0.763. The van der Waals surface area contributed by atoms with Crippen LogP contribution in [0.1, 0.15) is 25.6 Å². The lowest BCUT2D eigenvalue weighted by Gasteiger charge is -2.14. The zero-order chi connectivity index (χ0) is 13.7. The van der Waals surface area contributed by atoms with Crippen molar-refractivity contribution in [2.75, 3.05) is 37.1 Å². The Hall–Kier alpha value is -1.01. The molecule has 1 heterocycles. The van der Waals surface area contributed by atoms with Crippen LogP contribution in [-0.2, 0) is 11.3 Å². The highest BCUT2D eigenvalue weighted by Crippen LogP contribution is 2.46. The molecule has 5 nitrogen and oxygen atoms in total. The Morgan fingerprint density at radius 2 is 2.11 bits per heavy atom. The van der Waals surface area contributed by atoms with E-state index in [0.29, 0.717) is 23.8 Å². The summed E-state index contributed by atoms with van der Waals surface area (Å²) in [5.74, 6) is 2.40. The Morgan fingerprint density at radius 1 is 1.37 bits per heavy atom. The van der Waals surface area contributed by atoms with Gasteiger partial charge in [0, 0.05) is 31.0 Å². The summed E-state index contributed by atoms with van der Waals surface area (Å²) in [5, 5.41) is 6.48. The van der Waals surface area contributed by atoms with Crippen molar-refractivity contribution in [2.24, 2.45) is 0 Å². The lowest BCUT2D eigenvalue weighted by atomic mass is 10.4. The molecule has 1 fully saturated rings. The van der Waals surface area contributed by atoms with Crippen LogP contribution in [-0.4, -0.2) is 41.2 Å². The SMILES string of the molecule is CCOCc1nc(NC)cc(NCC2(SC)CC2)n1. The number of nitrogens with one attached hydrogen (secondary N) is 2. The van der Waals surface area contributed by atoms with E-state index in [1.165, 1.54) is 12.8 Å². The predicted molar refractivity (Wildman–Crippen MR) is 80.9 cm³/mol. The Labute approximate surface area is 118 Å². The van der Waals surface area contributed by atoms with E-state index in [1.54, 1.807) is 0 Å². The van der Waals surface area contributed by atoms with E-state index < -0.39 is 0 Å². The van der Waals surface area contributed by atoms with Gasteiger partial charge in [0.05, 0.1) is 0 Å². The van der Waals surface area contributed by atoms with Crippen molar-refractivity contribution in [1.29, 1.82) is 0 Å². The standard InChI is InChI=1S/C13H22N4OS/c1-4-18-8-12-16-10(14-2)7-11(17-12)15-9-13(19-3)5-6-13/h7H,4-6,8-9H2,1-3H3,(H2,14,15,16,17). The molecular weight excluding hydrogens is 260 g/mol. The largest absolute Gasteiger partial charge is 0.374 e. The number of rotatable bonds is 8. The van der Waals surface area contributed by atoms with Crippen LogP contribution in [0.5, 0.6) is 0 Å². The van der Waals surface area contributed by atoms with Crippen molar-refractivity contribution < 1.29 is 4.74 Å². The molecule has 2 rings (SSSR count). The van der Waals surface area contributed by atoms with Gasteiger partial charge >= 0.3 is 0 Å². The minimum atomic E-state index is 0.421. The molecule has 0 spiro atoms. The van der Waals surface area contributed by atoms with E-state index >= 15 is 0 Å². The molecule has 0 unspecified atom stereocenters. The van der Waals surface area contributed by atoms with E-state index in [4.69, 9.17) is 4.74 Å². The van der Waals surface area contributed by atoms with Crippen LogP contribution in [0.3, 0.4) is 0 Å². The van der Waals surface area contributed by atoms with Crippen LogP contribution in [0, 0.1) is 0 Å². The highest BCUT2D eigenvalue weighted by molar-refractivity contribution is 8.00. The Morgan fingerprint density at radius 3 is 2.68 bits per heavy atom. The highest BCUT2D eigenvalue weighted by Gasteiger charge is 2.41. The van der Waals surface area contributed by atoms with E-state index in [9.17, 15) is 0 Å². The lowest BCUT2D eigenvalue weighted by Crippen LogP contribution is -2.18. The topological polar surface area (TPSA) is 59.1 Å². The van der Waals surface area contributed by atoms with E-state index in [-0.39, 0.29) is 0 Å². The van der Waals surface area contributed by atoms with Crippen LogP contribution < -0.4 is 10.6 Å². The normalized spacial score (nSPS) is 16.2.